The van der Waals surface area contributed by atoms with Crippen molar-refractivity contribution in [3.63, 3.8) is 0 Å². The lowest BCUT2D eigenvalue weighted by Gasteiger charge is -2.03. The van der Waals surface area contributed by atoms with Crippen LogP contribution in [0.2, 0.25) is 0 Å². The molecule has 2 aromatic carbocycles. The molecule has 0 fully saturated rings. The molecule has 0 aliphatic carbocycles. The highest BCUT2D eigenvalue weighted by molar-refractivity contribution is 5.81. The van der Waals surface area contributed by atoms with E-state index >= 15 is 0 Å². The number of nitrogens with one attached hydrogen (secondary N) is 1. The van der Waals surface area contributed by atoms with Gasteiger partial charge in [0.15, 0.2) is 0 Å². The van der Waals surface area contributed by atoms with Gasteiger partial charge in [-0.15, -0.1) is 0 Å². The van der Waals surface area contributed by atoms with Crippen molar-refractivity contribution < 1.29 is 0 Å². The Morgan fingerprint density at radius 1 is 0.842 bits per heavy atom. The lowest BCUT2D eigenvalue weighted by atomic mass is 10.1. The monoisotopic (exact) mass is 250 g/mol. The lowest BCUT2D eigenvalue weighted by Crippen LogP contribution is -1.86. The average Bonchev–Trinajstić information content (AvgIpc) is 2.72. The van der Waals surface area contributed by atoms with Gasteiger partial charge in [0.25, 0.3) is 0 Å². The first-order valence-corrected chi connectivity index (χ1v) is 6.59. The van der Waals surface area contributed by atoms with Crippen LogP contribution < -0.4 is 0 Å². The van der Waals surface area contributed by atoms with E-state index in [-0.39, 0.29) is 0 Å². The zero-order valence-corrected chi connectivity index (χ0v) is 11.8. The number of fused-ring (bicyclic) bond motifs is 1. The number of hydrogen-bond donors (Lipinski definition) is 1. The molecule has 3 aromatic rings. The zero-order chi connectivity index (χ0) is 13.6. The fourth-order valence-electron chi connectivity index (χ4n) is 2.48. The van der Waals surface area contributed by atoms with Crippen molar-refractivity contribution >= 4 is 11.0 Å². The predicted octanol–water partition coefficient (Wildman–Crippen LogP) is 4.46. The molecule has 2 nitrogen and oxygen atoms in total. The molecule has 1 aromatic heterocycles. The molecule has 2 heteroatoms. The van der Waals surface area contributed by atoms with E-state index in [1.807, 2.05) is 0 Å². The van der Waals surface area contributed by atoms with Crippen LogP contribution in [0.1, 0.15) is 22.3 Å². The molecule has 0 amide bonds. The number of rotatable bonds is 1. The van der Waals surface area contributed by atoms with E-state index in [4.69, 9.17) is 4.98 Å². The van der Waals surface area contributed by atoms with Gasteiger partial charge in [-0.2, -0.15) is 0 Å². The third-order valence-electron chi connectivity index (χ3n) is 3.73. The number of hydrogen-bond acceptors (Lipinski definition) is 1. The van der Waals surface area contributed by atoms with Crippen LogP contribution in [0.4, 0.5) is 0 Å². The van der Waals surface area contributed by atoms with Crippen LogP contribution in [0, 0.1) is 27.7 Å². The summed E-state index contributed by atoms with van der Waals surface area (Å²) in [5.41, 5.74) is 8.44. The van der Waals surface area contributed by atoms with Gasteiger partial charge < -0.3 is 4.98 Å². The molecule has 19 heavy (non-hydrogen) atoms. The summed E-state index contributed by atoms with van der Waals surface area (Å²) in [6.45, 7) is 8.50. The largest absolute Gasteiger partial charge is 0.338 e. The van der Waals surface area contributed by atoms with E-state index in [9.17, 15) is 0 Å². The van der Waals surface area contributed by atoms with Crippen LogP contribution in [0.25, 0.3) is 22.4 Å². The van der Waals surface area contributed by atoms with Crippen molar-refractivity contribution in [1.29, 1.82) is 0 Å². The SMILES string of the molecule is Cc1ccc(-c2nc3cc(C)c(C)cc3[nH]2)c(C)c1. The van der Waals surface area contributed by atoms with Crippen LogP contribution in [-0.4, -0.2) is 9.97 Å². The van der Waals surface area contributed by atoms with E-state index in [1.165, 1.54) is 27.8 Å². The third kappa shape index (κ3) is 2.03. The van der Waals surface area contributed by atoms with Gasteiger partial charge in [-0.1, -0.05) is 23.8 Å². The fraction of sp³-hybridized carbons (Fsp3) is 0.235. The molecule has 0 bridgehead atoms. The van der Waals surface area contributed by atoms with E-state index in [0.29, 0.717) is 0 Å². The van der Waals surface area contributed by atoms with Crippen LogP contribution in [-0.2, 0) is 0 Å². The minimum absolute atomic E-state index is 0.956. The van der Waals surface area contributed by atoms with Crippen LogP contribution in [0.5, 0.6) is 0 Å². The van der Waals surface area contributed by atoms with Gasteiger partial charge in [0.05, 0.1) is 11.0 Å². The maximum atomic E-state index is 4.72. The Hall–Kier alpha value is -2.09. The Bertz CT molecular complexity index is 727. The zero-order valence-electron chi connectivity index (χ0n) is 11.8. The summed E-state index contributed by atoms with van der Waals surface area (Å²) in [6.07, 6.45) is 0. The molecule has 3 rings (SSSR count). The topological polar surface area (TPSA) is 28.7 Å². The molecule has 0 saturated carbocycles. The van der Waals surface area contributed by atoms with Crippen molar-refractivity contribution in [2.75, 3.05) is 0 Å². The quantitative estimate of drug-likeness (QED) is 0.678. The molecular formula is C17H18N2. The summed E-state index contributed by atoms with van der Waals surface area (Å²) in [7, 11) is 0. The Balaban J connectivity index is 2.20. The van der Waals surface area contributed by atoms with Gasteiger partial charge in [0.1, 0.15) is 5.82 Å². The summed E-state index contributed by atoms with van der Waals surface area (Å²) < 4.78 is 0. The lowest BCUT2D eigenvalue weighted by molar-refractivity contribution is 1.29. The van der Waals surface area contributed by atoms with Crippen molar-refractivity contribution in [1.82, 2.24) is 9.97 Å². The first-order valence-electron chi connectivity index (χ1n) is 6.59. The van der Waals surface area contributed by atoms with E-state index in [2.05, 4.69) is 63.0 Å². The van der Waals surface area contributed by atoms with Gasteiger partial charge >= 0.3 is 0 Å². The molecule has 1 N–H and O–H groups in total. The number of aromatic nitrogens is 2. The molecule has 0 atom stereocenters. The number of aromatic amines is 1. The standard InChI is InChI=1S/C17H18N2/c1-10-5-6-14(13(4)7-10)17-18-15-8-11(2)12(3)9-16(15)19-17/h5-9H,1-4H3,(H,18,19). The predicted molar refractivity (Wildman–Crippen MR) is 80.5 cm³/mol. The number of benzene rings is 2. The van der Waals surface area contributed by atoms with Gasteiger partial charge in [-0.05, 0) is 56.5 Å². The van der Waals surface area contributed by atoms with Gasteiger partial charge in [0.2, 0.25) is 0 Å². The molecular weight excluding hydrogens is 232 g/mol. The highest BCUT2D eigenvalue weighted by Gasteiger charge is 2.08. The molecule has 0 spiro atoms. The van der Waals surface area contributed by atoms with Gasteiger partial charge in [-0.3, -0.25) is 0 Å². The van der Waals surface area contributed by atoms with Crippen LogP contribution >= 0.6 is 0 Å². The summed E-state index contributed by atoms with van der Waals surface area (Å²) in [4.78, 5) is 8.15. The van der Waals surface area contributed by atoms with E-state index < -0.39 is 0 Å². The number of nitrogens with zero attached hydrogens (tertiary/aromatic N) is 1. The number of H-pyrrole nitrogens is 1. The first-order chi connectivity index (χ1) is 9.04. The molecule has 0 saturated heterocycles. The maximum absolute atomic E-state index is 4.72. The molecule has 1 heterocycles. The second-order valence-corrected chi connectivity index (χ2v) is 5.36. The maximum Gasteiger partial charge on any atom is 0.138 e. The van der Waals surface area contributed by atoms with Crippen LogP contribution in [0.3, 0.4) is 0 Å². The first kappa shape index (κ1) is 12.0. The van der Waals surface area contributed by atoms with Crippen molar-refractivity contribution in [2.45, 2.75) is 27.7 Å². The Morgan fingerprint density at radius 2 is 1.58 bits per heavy atom. The minimum atomic E-state index is 0.956. The fourth-order valence-corrected chi connectivity index (χ4v) is 2.48. The van der Waals surface area contributed by atoms with E-state index in [1.54, 1.807) is 0 Å². The van der Waals surface area contributed by atoms with Gasteiger partial charge in [0, 0.05) is 5.56 Å². The van der Waals surface area contributed by atoms with Crippen LogP contribution in [0.15, 0.2) is 30.3 Å². The smallest absolute Gasteiger partial charge is 0.138 e. The summed E-state index contributed by atoms with van der Waals surface area (Å²) >= 11 is 0. The summed E-state index contributed by atoms with van der Waals surface area (Å²) in [5.74, 6) is 0.956. The second-order valence-electron chi connectivity index (χ2n) is 5.36. The summed E-state index contributed by atoms with van der Waals surface area (Å²) in [6, 6.07) is 10.8. The minimum Gasteiger partial charge on any atom is -0.338 e. The second kappa shape index (κ2) is 4.23. The average molecular weight is 250 g/mol. The molecule has 0 aliphatic rings. The molecule has 0 unspecified atom stereocenters. The molecule has 0 radical (unpaired) electrons. The van der Waals surface area contributed by atoms with Gasteiger partial charge in [-0.25, -0.2) is 4.98 Å². The normalized spacial score (nSPS) is 11.2. The Kier molecular flexibility index (Phi) is 2.67. The Labute approximate surface area is 113 Å². The number of imidazole rings is 1. The van der Waals surface area contributed by atoms with Crippen molar-refractivity contribution in [2.24, 2.45) is 0 Å². The highest BCUT2D eigenvalue weighted by atomic mass is 14.9. The molecule has 0 aliphatic heterocycles. The van der Waals surface area contributed by atoms with E-state index in [0.717, 1.165) is 16.9 Å². The highest BCUT2D eigenvalue weighted by Crippen LogP contribution is 2.25. The molecule has 96 valence electrons. The Morgan fingerprint density at radius 3 is 2.32 bits per heavy atom. The van der Waals surface area contributed by atoms with Crippen molar-refractivity contribution in [3.8, 4) is 11.4 Å². The number of aryl methyl sites for hydroxylation is 4. The van der Waals surface area contributed by atoms with Crippen molar-refractivity contribution in [3.05, 3.63) is 52.6 Å². The summed E-state index contributed by atoms with van der Waals surface area (Å²) in [5, 5.41) is 0. The third-order valence-corrected chi connectivity index (χ3v) is 3.73.